The first-order valence-electron chi connectivity index (χ1n) is 9.26. The van der Waals surface area contributed by atoms with Crippen molar-refractivity contribution < 1.29 is 14.3 Å². The molecule has 0 spiro atoms. The highest BCUT2D eigenvalue weighted by atomic mass is 16.5. The van der Waals surface area contributed by atoms with Crippen LogP contribution in [0.3, 0.4) is 0 Å². The number of hydrogen-bond donors (Lipinski definition) is 0. The zero-order valence-corrected chi connectivity index (χ0v) is 15.1. The molecule has 1 aromatic heterocycles. The maximum atomic E-state index is 12.5. The van der Waals surface area contributed by atoms with Crippen molar-refractivity contribution in [3.63, 3.8) is 0 Å². The lowest BCUT2D eigenvalue weighted by Crippen LogP contribution is -2.49. The first-order chi connectivity index (χ1) is 12.1. The van der Waals surface area contributed by atoms with Crippen LogP contribution in [0.2, 0.25) is 0 Å². The summed E-state index contributed by atoms with van der Waals surface area (Å²) in [6.45, 7) is 5.71. The number of ether oxygens (including phenoxy) is 1. The molecule has 3 rings (SSSR count). The van der Waals surface area contributed by atoms with Crippen LogP contribution in [0.4, 0.5) is 5.82 Å². The Morgan fingerprint density at radius 3 is 2.52 bits per heavy atom. The van der Waals surface area contributed by atoms with E-state index in [9.17, 15) is 9.59 Å². The smallest absolute Gasteiger partial charge is 0.342 e. The van der Waals surface area contributed by atoms with Crippen molar-refractivity contribution in [1.82, 2.24) is 9.88 Å². The van der Waals surface area contributed by atoms with Crippen LogP contribution in [0.15, 0.2) is 18.3 Å². The van der Waals surface area contributed by atoms with E-state index in [0.717, 1.165) is 45.2 Å². The van der Waals surface area contributed by atoms with E-state index >= 15 is 0 Å². The van der Waals surface area contributed by atoms with E-state index in [1.54, 1.807) is 18.3 Å². The molecule has 0 saturated carbocycles. The Morgan fingerprint density at radius 2 is 1.84 bits per heavy atom. The zero-order chi connectivity index (χ0) is 17.8. The molecule has 0 aliphatic carbocycles. The number of hydrogen-bond acceptors (Lipinski definition) is 5. The number of anilines is 1. The third kappa shape index (κ3) is 3.94. The molecule has 3 heterocycles. The lowest BCUT2D eigenvalue weighted by molar-refractivity contribution is -0.140. The van der Waals surface area contributed by atoms with Crippen LogP contribution in [-0.2, 0) is 9.53 Å². The van der Waals surface area contributed by atoms with Gasteiger partial charge in [-0.3, -0.25) is 4.79 Å². The molecule has 2 unspecified atom stereocenters. The normalized spacial score (nSPS) is 23.6. The fourth-order valence-electron chi connectivity index (χ4n) is 3.93. The summed E-state index contributed by atoms with van der Waals surface area (Å²) in [7, 11) is 0. The van der Waals surface area contributed by atoms with Gasteiger partial charge in [-0.25, -0.2) is 9.78 Å². The summed E-state index contributed by atoms with van der Waals surface area (Å²) < 4.78 is 5.34. The summed E-state index contributed by atoms with van der Waals surface area (Å²) in [6.07, 6.45) is 7.05. The zero-order valence-electron chi connectivity index (χ0n) is 15.1. The molecule has 2 saturated heterocycles. The summed E-state index contributed by atoms with van der Waals surface area (Å²) in [5.41, 5.74) is 0.442. The van der Waals surface area contributed by atoms with Gasteiger partial charge in [-0.1, -0.05) is 0 Å². The highest BCUT2D eigenvalue weighted by molar-refractivity contribution is 5.96. The minimum atomic E-state index is -0.472. The number of likely N-dealkylation sites (tertiary alicyclic amines) is 1. The van der Waals surface area contributed by atoms with E-state index < -0.39 is 5.97 Å². The summed E-state index contributed by atoms with van der Waals surface area (Å²) in [5.74, 6) is 0.0810. The van der Waals surface area contributed by atoms with Gasteiger partial charge < -0.3 is 14.5 Å². The monoisotopic (exact) mass is 345 g/mol. The van der Waals surface area contributed by atoms with Crippen LogP contribution in [0.25, 0.3) is 0 Å². The summed E-state index contributed by atoms with van der Waals surface area (Å²) in [6, 6.07) is 3.86. The van der Waals surface area contributed by atoms with Crippen LogP contribution < -0.4 is 4.90 Å². The van der Waals surface area contributed by atoms with E-state index in [0.29, 0.717) is 11.4 Å². The van der Waals surface area contributed by atoms with Crippen molar-refractivity contribution in [2.75, 3.05) is 24.6 Å². The predicted octanol–water partition coefficient (Wildman–Crippen LogP) is 2.63. The van der Waals surface area contributed by atoms with Gasteiger partial charge in [0.05, 0.1) is 0 Å². The molecule has 25 heavy (non-hydrogen) atoms. The molecule has 0 N–H and O–H groups in total. The fraction of sp³-hybridized carbons (Fsp3) is 0.632. The van der Waals surface area contributed by atoms with Crippen molar-refractivity contribution in [2.24, 2.45) is 0 Å². The molecule has 2 aliphatic heterocycles. The van der Waals surface area contributed by atoms with Crippen LogP contribution in [0.1, 0.15) is 56.3 Å². The van der Waals surface area contributed by atoms with Crippen molar-refractivity contribution in [1.29, 1.82) is 0 Å². The largest absolute Gasteiger partial charge is 0.452 e. The molecule has 0 bridgehead atoms. The quantitative estimate of drug-likeness (QED) is 0.785. The summed E-state index contributed by atoms with van der Waals surface area (Å²) in [4.78, 5) is 33.4. The second kappa shape index (κ2) is 7.85. The van der Waals surface area contributed by atoms with E-state index in [1.165, 1.54) is 0 Å². The highest BCUT2D eigenvalue weighted by Gasteiger charge is 2.30. The lowest BCUT2D eigenvalue weighted by atomic mass is 9.97. The van der Waals surface area contributed by atoms with Gasteiger partial charge >= 0.3 is 5.97 Å². The average molecular weight is 345 g/mol. The maximum Gasteiger partial charge on any atom is 0.342 e. The molecule has 6 nitrogen and oxygen atoms in total. The van der Waals surface area contributed by atoms with E-state index in [4.69, 9.17) is 4.74 Å². The SMILES string of the molecule is CC1CCCC(C)N1C(=O)COC(=O)c1cccnc1N1CCCC1. The van der Waals surface area contributed by atoms with Crippen LogP contribution >= 0.6 is 0 Å². The van der Waals surface area contributed by atoms with E-state index in [1.807, 2.05) is 4.90 Å². The maximum absolute atomic E-state index is 12.5. The molecule has 2 fully saturated rings. The number of carbonyl (C=O) groups is 2. The fourth-order valence-corrected chi connectivity index (χ4v) is 3.93. The third-order valence-electron chi connectivity index (χ3n) is 5.22. The average Bonchev–Trinajstić information content (AvgIpc) is 3.14. The molecule has 1 aromatic rings. The van der Waals surface area contributed by atoms with Crippen LogP contribution in [0, 0.1) is 0 Å². The molecular weight excluding hydrogens is 318 g/mol. The number of nitrogens with zero attached hydrogens (tertiary/aromatic N) is 3. The minimum Gasteiger partial charge on any atom is -0.452 e. The molecular formula is C19H27N3O3. The minimum absolute atomic E-state index is 0.111. The number of piperidine rings is 1. The van der Waals surface area contributed by atoms with Crippen LogP contribution in [-0.4, -0.2) is 53.5 Å². The van der Waals surface area contributed by atoms with Crippen molar-refractivity contribution in [3.05, 3.63) is 23.9 Å². The molecule has 2 aliphatic rings. The molecule has 0 radical (unpaired) electrons. The van der Waals surface area contributed by atoms with Gasteiger partial charge in [0.25, 0.3) is 5.91 Å². The number of rotatable bonds is 4. The Hall–Kier alpha value is -2.11. The Balaban J connectivity index is 1.64. The number of amides is 1. The molecule has 1 amide bonds. The van der Waals surface area contributed by atoms with Gasteiger partial charge in [-0.2, -0.15) is 0 Å². The van der Waals surface area contributed by atoms with Crippen molar-refractivity contribution >= 4 is 17.7 Å². The second-order valence-corrected chi connectivity index (χ2v) is 7.07. The van der Waals surface area contributed by atoms with E-state index in [-0.39, 0.29) is 24.6 Å². The molecule has 136 valence electrons. The van der Waals surface area contributed by atoms with Gasteiger partial charge in [0.1, 0.15) is 11.4 Å². The second-order valence-electron chi connectivity index (χ2n) is 7.07. The highest BCUT2D eigenvalue weighted by Crippen LogP contribution is 2.24. The summed E-state index contributed by atoms with van der Waals surface area (Å²) >= 11 is 0. The Kier molecular flexibility index (Phi) is 5.56. The predicted molar refractivity (Wildman–Crippen MR) is 95.6 cm³/mol. The Labute approximate surface area is 149 Å². The van der Waals surface area contributed by atoms with Gasteiger partial charge in [-0.15, -0.1) is 0 Å². The van der Waals surface area contributed by atoms with Gasteiger partial charge in [-0.05, 0) is 58.1 Å². The Morgan fingerprint density at radius 1 is 1.16 bits per heavy atom. The molecule has 6 heteroatoms. The number of carbonyl (C=O) groups excluding carboxylic acids is 2. The van der Waals surface area contributed by atoms with E-state index in [2.05, 4.69) is 23.7 Å². The van der Waals surface area contributed by atoms with Gasteiger partial charge in [0.15, 0.2) is 6.61 Å². The Bertz CT molecular complexity index is 618. The number of aromatic nitrogens is 1. The van der Waals surface area contributed by atoms with Crippen molar-refractivity contribution in [2.45, 2.75) is 58.0 Å². The standard InChI is InChI=1S/C19H27N3O3/c1-14-7-5-8-15(2)22(14)17(23)13-25-19(24)16-9-6-10-20-18(16)21-11-3-4-12-21/h6,9-10,14-15H,3-5,7-8,11-13H2,1-2H3. The first-order valence-corrected chi connectivity index (χ1v) is 9.26. The lowest BCUT2D eigenvalue weighted by Gasteiger charge is -2.38. The summed E-state index contributed by atoms with van der Waals surface area (Å²) in [5, 5.41) is 0. The third-order valence-corrected chi connectivity index (χ3v) is 5.22. The van der Waals surface area contributed by atoms with Gasteiger partial charge in [0.2, 0.25) is 0 Å². The molecule has 2 atom stereocenters. The number of esters is 1. The topological polar surface area (TPSA) is 62.7 Å². The van der Waals surface area contributed by atoms with Gasteiger partial charge in [0, 0.05) is 31.4 Å². The number of pyridine rings is 1. The molecule has 0 aromatic carbocycles. The van der Waals surface area contributed by atoms with Crippen LogP contribution in [0.5, 0.6) is 0 Å². The van der Waals surface area contributed by atoms with Crippen molar-refractivity contribution in [3.8, 4) is 0 Å². The first kappa shape index (κ1) is 17.7.